The van der Waals surface area contributed by atoms with E-state index in [2.05, 4.69) is 109 Å². The van der Waals surface area contributed by atoms with Crippen LogP contribution in [0.4, 0.5) is 0 Å². The highest BCUT2D eigenvalue weighted by Gasteiger charge is 2.16. The van der Waals surface area contributed by atoms with E-state index in [0.29, 0.717) is 17.5 Å². The van der Waals surface area contributed by atoms with Crippen LogP contribution >= 0.6 is 0 Å². The monoisotopic (exact) mass is 665 g/mol. The summed E-state index contributed by atoms with van der Waals surface area (Å²) < 4.78 is 12.8. The summed E-state index contributed by atoms with van der Waals surface area (Å²) in [6, 6.07) is 56.5. The molecule has 52 heavy (non-hydrogen) atoms. The Hall–Kier alpha value is -7.11. The Bertz CT molecular complexity index is 3190. The molecular formula is C47H27N3O2. The predicted octanol–water partition coefficient (Wildman–Crippen LogP) is 12.6. The molecular weight excluding hydrogens is 639 g/mol. The summed E-state index contributed by atoms with van der Waals surface area (Å²) in [5, 5.41) is 9.02. The molecule has 0 fully saturated rings. The topological polar surface area (TPSA) is 65.0 Å². The number of benzene rings is 8. The van der Waals surface area contributed by atoms with Crippen molar-refractivity contribution < 1.29 is 8.83 Å². The molecule has 0 aliphatic heterocycles. The van der Waals surface area contributed by atoms with E-state index in [-0.39, 0.29) is 0 Å². The zero-order chi connectivity index (χ0) is 34.2. The minimum absolute atomic E-state index is 0.590. The van der Waals surface area contributed by atoms with Gasteiger partial charge in [-0.25, -0.2) is 15.0 Å². The first-order valence-corrected chi connectivity index (χ1v) is 17.3. The van der Waals surface area contributed by atoms with Gasteiger partial charge in [0.25, 0.3) is 0 Å². The Morgan fingerprint density at radius 3 is 1.50 bits per heavy atom. The van der Waals surface area contributed by atoms with Gasteiger partial charge in [0.1, 0.15) is 22.3 Å². The Balaban J connectivity index is 1.00. The third-order valence-corrected chi connectivity index (χ3v) is 10.1. The van der Waals surface area contributed by atoms with Gasteiger partial charge < -0.3 is 8.83 Å². The molecule has 3 heterocycles. The normalized spacial score (nSPS) is 11.8. The van der Waals surface area contributed by atoms with E-state index in [1.54, 1.807) is 0 Å². The van der Waals surface area contributed by atoms with Crippen molar-refractivity contribution in [3.05, 3.63) is 164 Å². The van der Waals surface area contributed by atoms with Crippen molar-refractivity contribution in [1.82, 2.24) is 15.0 Å². The van der Waals surface area contributed by atoms with Gasteiger partial charge in [-0.2, -0.15) is 0 Å². The standard InChI is InChI=1S/C47H27N3O2/c1-2-9-29(10-3-1)45-48-46(35-15-14-28-8-4-5-11-30(28)22-35)50-47(49-45)36-17-20-37-39-24-33(18-21-41(39)51-43(37)27-36)34-16-19-38-40-23-31-12-6-7-13-32(31)25-44(40)52-42(38)26-34/h1-27H. The minimum Gasteiger partial charge on any atom is -0.456 e. The molecule has 0 bridgehead atoms. The SMILES string of the molecule is c1ccc(-c2nc(-c3ccc4ccccc4c3)nc(-c3ccc4c(c3)oc3ccc(-c5ccc6c(c5)oc5cc7ccccc7cc56)cc34)n2)cc1. The van der Waals surface area contributed by atoms with Crippen molar-refractivity contribution in [2.24, 2.45) is 0 Å². The maximum atomic E-state index is 6.44. The second kappa shape index (κ2) is 11.2. The summed E-state index contributed by atoms with van der Waals surface area (Å²) in [6.07, 6.45) is 0. The summed E-state index contributed by atoms with van der Waals surface area (Å²) in [5.74, 6) is 1.84. The van der Waals surface area contributed by atoms with Crippen molar-refractivity contribution in [2.45, 2.75) is 0 Å². The molecule has 242 valence electrons. The fourth-order valence-corrected chi connectivity index (χ4v) is 7.42. The number of furan rings is 2. The molecule has 0 atom stereocenters. The van der Waals surface area contributed by atoms with Crippen molar-refractivity contribution in [2.75, 3.05) is 0 Å². The van der Waals surface area contributed by atoms with E-state index in [1.165, 1.54) is 16.2 Å². The lowest BCUT2D eigenvalue weighted by Gasteiger charge is -2.09. The molecule has 0 aliphatic rings. The molecule has 5 nitrogen and oxygen atoms in total. The molecule has 0 radical (unpaired) electrons. The van der Waals surface area contributed by atoms with Crippen LogP contribution in [0, 0.1) is 0 Å². The predicted molar refractivity (Wildman–Crippen MR) is 211 cm³/mol. The summed E-state index contributed by atoms with van der Waals surface area (Å²) in [6.45, 7) is 0. The average Bonchev–Trinajstić information content (AvgIpc) is 3.76. The number of rotatable bonds is 4. The molecule has 3 aromatic heterocycles. The zero-order valence-corrected chi connectivity index (χ0v) is 27.7. The summed E-state index contributed by atoms with van der Waals surface area (Å²) in [4.78, 5) is 14.9. The Morgan fingerprint density at radius 2 is 0.750 bits per heavy atom. The van der Waals surface area contributed by atoms with Crippen molar-refractivity contribution >= 4 is 65.4 Å². The van der Waals surface area contributed by atoms with Crippen LogP contribution in [0.15, 0.2) is 173 Å². The maximum Gasteiger partial charge on any atom is 0.164 e. The molecule has 0 N–H and O–H groups in total. The quantitative estimate of drug-likeness (QED) is 0.187. The molecule has 0 saturated carbocycles. The fourth-order valence-electron chi connectivity index (χ4n) is 7.42. The summed E-state index contributed by atoms with van der Waals surface area (Å²) >= 11 is 0. The van der Waals surface area contributed by atoms with Crippen LogP contribution in [0.3, 0.4) is 0 Å². The second-order valence-electron chi connectivity index (χ2n) is 13.3. The first-order valence-electron chi connectivity index (χ1n) is 17.3. The van der Waals surface area contributed by atoms with E-state index in [9.17, 15) is 0 Å². The zero-order valence-electron chi connectivity index (χ0n) is 27.7. The minimum atomic E-state index is 0.590. The number of hydrogen-bond donors (Lipinski definition) is 0. The molecule has 0 aliphatic carbocycles. The number of nitrogens with zero attached hydrogens (tertiary/aromatic N) is 3. The van der Waals surface area contributed by atoms with Gasteiger partial charge >= 0.3 is 0 Å². The number of aromatic nitrogens is 3. The lowest BCUT2D eigenvalue weighted by Crippen LogP contribution is -2.00. The van der Waals surface area contributed by atoms with Crippen molar-refractivity contribution in [1.29, 1.82) is 0 Å². The Kier molecular flexibility index (Phi) is 6.18. The smallest absolute Gasteiger partial charge is 0.164 e. The highest BCUT2D eigenvalue weighted by Crippen LogP contribution is 2.38. The van der Waals surface area contributed by atoms with Crippen LogP contribution in [0.2, 0.25) is 0 Å². The molecule has 0 unspecified atom stereocenters. The molecule has 0 saturated heterocycles. The van der Waals surface area contributed by atoms with E-state index < -0.39 is 0 Å². The third-order valence-electron chi connectivity index (χ3n) is 10.1. The van der Waals surface area contributed by atoms with Gasteiger partial charge in [-0.05, 0) is 87.3 Å². The third kappa shape index (κ3) is 4.67. The van der Waals surface area contributed by atoms with Gasteiger partial charge in [-0.1, -0.05) is 109 Å². The van der Waals surface area contributed by atoms with Gasteiger partial charge in [0.2, 0.25) is 0 Å². The van der Waals surface area contributed by atoms with Crippen molar-refractivity contribution in [3.8, 4) is 45.3 Å². The van der Waals surface area contributed by atoms with Gasteiger partial charge in [-0.3, -0.25) is 0 Å². The molecule has 0 amide bonds. The van der Waals surface area contributed by atoms with Gasteiger partial charge in [-0.15, -0.1) is 0 Å². The molecule has 11 rings (SSSR count). The van der Waals surface area contributed by atoms with Gasteiger partial charge in [0.15, 0.2) is 17.5 Å². The van der Waals surface area contributed by atoms with E-state index in [0.717, 1.165) is 77.1 Å². The summed E-state index contributed by atoms with van der Waals surface area (Å²) in [5.41, 5.74) is 8.28. The Labute approximate surface area is 297 Å². The van der Waals surface area contributed by atoms with Gasteiger partial charge in [0.05, 0.1) is 0 Å². The van der Waals surface area contributed by atoms with Crippen LogP contribution in [-0.2, 0) is 0 Å². The van der Waals surface area contributed by atoms with Gasteiger partial charge in [0, 0.05) is 38.2 Å². The van der Waals surface area contributed by atoms with Crippen LogP contribution in [0.25, 0.3) is 111 Å². The largest absolute Gasteiger partial charge is 0.456 e. The number of fused-ring (bicyclic) bond motifs is 8. The van der Waals surface area contributed by atoms with Crippen LogP contribution in [-0.4, -0.2) is 15.0 Å². The molecule has 11 aromatic rings. The van der Waals surface area contributed by atoms with E-state index in [1.807, 2.05) is 54.6 Å². The second-order valence-corrected chi connectivity index (χ2v) is 13.3. The molecule has 5 heteroatoms. The van der Waals surface area contributed by atoms with E-state index in [4.69, 9.17) is 23.8 Å². The lowest BCUT2D eigenvalue weighted by molar-refractivity contribution is 0.669. The van der Waals surface area contributed by atoms with Crippen LogP contribution in [0.1, 0.15) is 0 Å². The van der Waals surface area contributed by atoms with Crippen molar-refractivity contribution in [3.63, 3.8) is 0 Å². The molecule has 8 aromatic carbocycles. The first kappa shape index (κ1) is 28.7. The highest BCUT2D eigenvalue weighted by atomic mass is 16.3. The van der Waals surface area contributed by atoms with Crippen LogP contribution < -0.4 is 0 Å². The van der Waals surface area contributed by atoms with E-state index >= 15 is 0 Å². The lowest BCUT2D eigenvalue weighted by atomic mass is 10.0. The maximum absolute atomic E-state index is 6.44. The highest BCUT2D eigenvalue weighted by molar-refractivity contribution is 6.11. The fraction of sp³-hybridized carbons (Fsp3) is 0. The summed E-state index contributed by atoms with van der Waals surface area (Å²) in [7, 11) is 0. The number of hydrogen-bond acceptors (Lipinski definition) is 5. The first-order chi connectivity index (χ1) is 25.7. The Morgan fingerprint density at radius 1 is 0.269 bits per heavy atom. The average molecular weight is 666 g/mol. The van der Waals surface area contributed by atoms with Crippen LogP contribution in [0.5, 0.6) is 0 Å². The molecule has 0 spiro atoms.